The van der Waals surface area contributed by atoms with E-state index in [4.69, 9.17) is 4.74 Å². The standard InChI is InChI=1S/C26H20FN3O3S/c27-22-8-4-5-9-25(22)34(31,32)30-19-12-15-23-24(17-19)29-26(28-23)16-18-10-13-21(14-11-18)33-20-6-2-1-3-7-20/h1-15,17,30H,16H2,(H,28,29). The summed E-state index contributed by atoms with van der Waals surface area (Å²) in [5.74, 6) is 1.45. The molecule has 34 heavy (non-hydrogen) atoms. The second-order valence-electron chi connectivity index (χ2n) is 7.69. The molecule has 0 spiro atoms. The molecule has 1 heterocycles. The fraction of sp³-hybridized carbons (Fsp3) is 0.0385. The van der Waals surface area contributed by atoms with Crippen LogP contribution in [0.15, 0.2) is 102 Å². The molecule has 170 valence electrons. The van der Waals surface area contributed by atoms with Crippen LogP contribution in [0.1, 0.15) is 11.4 Å². The van der Waals surface area contributed by atoms with Crippen LogP contribution in [-0.2, 0) is 16.4 Å². The molecule has 0 fully saturated rings. The Morgan fingerprint density at radius 1 is 0.853 bits per heavy atom. The molecule has 0 atom stereocenters. The number of aromatic amines is 1. The van der Waals surface area contributed by atoms with E-state index in [1.807, 2.05) is 54.6 Å². The van der Waals surface area contributed by atoms with Crippen molar-refractivity contribution in [2.45, 2.75) is 11.3 Å². The number of halogens is 1. The van der Waals surface area contributed by atoms with Crippen molar-refractivity contribution in [3.05, 3.63) is 114 Å². The number of H-pyrrole nitrogens is 1. The number of anilines is 1. The van der Waals surface area contributed by atoms with Crippen LogP contribution in [0.25, 0.3) is 11.0 Å². The lowest BCUT2D eigenvalue weighted by atomic mass is 10.1. The molecule has 1 aromatic heterocycles. The number of hydrogen-bond acceptors (Lipinski definition) is 4. The highest BCUT2D eigenvalue weighted by Gasteiger charge is 2.19. The first kappa shape index (κ1) is 21.7. The van der Waals surface area contributed by atoms with Crippen LogP contribution in [0.2, 0.25) is 0 Å². The fourth-order valence-electron chi connectivity index (χ4n) is 3.58. The molecule has 0 amide bonds. The number of imidazole rings is 1. The molecular formula is C26H20FN3O3S. The van der Waals surface area contributed by atoms with Crippen molar-refractivity contribution in [2.24, 2.45) is 0 Å². The van der Waals surface area contributed by atoms with Crippen LogP contribution >= 0.6 is 0 Å². The maximum Gasteiger partial charge on any atom is 0.264 e. The number of para-hydroxylation sites is 1. The summed E-state index contributed by atoms with van der Waals surface area (Å²) < 4.78 is 47.3. The van der Waals surface area contributed by atoms with E-state index in [1.54, 1.807) is 18.2 Å². The van der Waals surface area contributed by atoms with Gasteiger partial charge < -0.3 is 9.72 Å². The molecule has 6 nitrogen and oxygen atoms in total. The second kappa shape index (κ2) is 8.99. The summed E-state index contributed by atoms with van der Waals surface area (Å²) in [4.78, 5) is 7.41. The molecule has 5 aromatic rings. The van der Waals surface area contributed by atoms with E-state index in [0.717, 1.165) is 29.0 Å². The van der Waals surface area contributed by atoms with Gasteiger partial charge in [-0.25, -0.2) is 17.8 Å². The number of rotatable bonds is 7. The zero-order valence-electron chi connectivity index (χ0n) is 17.9. The number of fused-ring (bicyclic) bond motifs is 1. The van der Waals surface area contributed by atoms with Crippen molar-refractivity contribution in [3.63, 3.8) is 0 Å². The third-order valence-electron chi connectivity index (χ3n) is 5.18. The normalized spacial score (nSPS) is 11.4. The molecule has 0 aliphatic heterocycles. The van der Waals surface area contributed by atoms with Crippen molar-refractivity contribution >= 4 is 26.7 Å². The summed E-state index contributed by atoms with van der Waals surface area (Å²) in [7, 11) is -4.05. The number of nitrogens with zero attached hydrogens (tertiary/aromatic N) is 1. The average molecular weight is 474 g/mol. The van der Waals surface area contributed by atoms with E-state index in [1.165, 1.54) is 18.2 Å². The molecule has 0 saturated heterocycles. The van der Waals surface area contributed by atoms with Crippen LogP contribution in [0.5, 0.6) is 11.5 Å². The molecular weight excluding hydrogens is 453 g/mol. The number of nitrogens with one attached hydrogen (secondary N) is 2. The SMILES string of the molecule is O=S(=O)(Nc1ccc2nc(Cc3ccc(Oc4ccccc4)cc3)[nH]c2c1)c1ccccc1F. The van der Waals surface area contributed by atoms with E-state index < -0.39 is 20.7 Å². The Hall–Kier alpha value is -4.17. The Bertz CT molecular complexity index is 1550. The third kappa shape index (κ3) is 4.77. The van der Waals surface area contributed by atoms with Crippen molar-refractivity contribution in [1.82, 2.24) is 9.97 Å². The van der Waals surface area contributed by atoms with Gasteiger partial charge in [0.05, 0.1) is 16.7 Å². The number of sulfonamides is 1. The largest absolute Gasteiger partial charge is 0.457 e. The molecule has 5 rings (SSSR count). The fourth-order valence-corrected chi connectivity index (χ4v) is 4.71. The van der Waals surface area contributed by atoms with E-state index >= 15 is 0 Å². The predicted molar refractivity (Wildman–Crippen MR) is 129 cm³/mol. The van der Waals surface area contributed by atoms with Gasteiger partial charge in [0.1, 0.15) is 28.0 Å². The number of ether oxygens (including phenoxy) is 1. The first-order valence-electron chi connectivity index (χ1n) is 10.5. The average Bonchev–Trinajstić information content (AvgIpc) is 3.22. The predicted octanol–water partition coefficient (Wildman–Crippen LogP) is 5.89. The number of hydrogen-bond donors (Lipinski definition) is 2. The molecule has 2 N–H and O–H groups in total. The Morgan fingerprint density at radius 2 is 1.56 bits per heavy atom. The molecule has 0 unspecified atom stereocenters. The minimum atomic E-state index is -4.05. The molecule has 0 saturated carbocycles. The topological polar surface area (TPSA) is 84.1 Å². The van der Waals surface area contributed by atoms with Crippen LogP contribution in [-0.4, -0.2) is 18.4 Å². The molecule has 0 aliphatic rings. The van der Waals surface area contributed by atoms with Crippen LogP contribution < -0.4 is 9.46 Å². The zero-order chi connectivity index (χ0) is 23.5. The van der Waals surface area contributed by atoms with Crippen molar-refractivity contribution in [3.8, 4) is 11.5 Å². The highest BCUT2D eigenvalue weighted by molar-refractivity contribution is 7.92. The van der Waals surface area contributed by atoms with Gasteiger partial charge in [0, 0.05) is 6.42 Å². The Balaban J connectivity index is 1.31. The summed E-state index contributed by atoms with van der Waals surface area (Å²) in [6.45, 7) is 0. The van der Waals surface area contributed by atoms with E-state index in [9.17, 15) is 12.8 Å². The highest BCUT2D eigenvalue weighted by atomic mass is 32.2. The van der Waals surface area contributed by atoms with Gasteiger partial charge in [-0.15, -0.1) is 0 Å². The summed E-state index contributed by atoms with van der Waals surface area (Å²) >= 11 is 0. The lowest BCUT2D eigenvalue weighted by Gasteiger charge is -2.08. The summed E-state index contributed by atoms with van der Waals surface area (Å²) in [6, 6.07) is 27.5. The molecule has 0 aliphatic carbocycles. The van der Waals surface area contributed by atoms with Crippen LogP contribution in [0.4, 0.5) is 10.1 Å². The van der Waals surface area contributed by atoms with Crippen LogP contribution in [0, 0.1) is 5.82 Å². The third-order valence-corrected chi connectivity index (χ3v) is 6.60. The summed E-state index contributed by atoms with van der Waals surface area (Å²) in [6.07, 6.45) is 0.566. The van der Waals surface area contributed by atoms with Gasteiger partial charge in [-0.2, -0.15) is 0 Å². The van der Waals surface area contributed by atoms with E-state index in [-0.39, 0.29) is 0 Å². The molecule has 8 heteroatoms. The summed E-state index contributed by atoms with van der Waals surface area (Å²) in [5, 5.41) is 0. The van der Waals surface area contributed by atoms with Gasteiger partial charge in [0.2, 0.25) is 0 Å². The maximum atomic E-state index is 13.9. The van der Waals surface area contributed by atoms with Gasteiger partial charge >= 0.3 is 0 Å². The Kier molecular flexibility index (Phi) is 5.73. The highest BCUT2D eigenvalue weighted by Crippen LogP contribution is 2.24. The zero-order valence-corrected chi connectivity index (χ0v) is 18.7. The van der Waals surface area contributed by atoms with Crippen molar-refractivity contribution in [1.29, 1.82) is 0 Å². The van der Waals surface area contributed by atoms with Crippen molar-refractivity contribution < 1.29 is 17.5 Å². The first-order chi connectivity index (χ1) is 16.5. The van der Waals surface area contributed by atoms with Gasteiger partial charge in [-0.05, 0) is 60.2 Å². The minimum absolute atomic E-state index is 0.313. The lowest BCUT2D eigenvalue weighted by Crippen LogP contribution is -2.14. The summed E-state index contributed by atoms with van der Waals surface area (Å²) in [5.41, 5.74) is 2.73. The monoisotopic (exact) mass is 473 g/mol. The van der Waals surface area contributed by atoms with Crippen LogP contribution in [0.3, 0.4) is 0 Å². The second-order valence-corrected chi connectivity index (χ2v) is 9.34. The van der Waals surface area contributed by atoms with E-state index in [0.29, 0.717) is 23.1 Å². The Labute approximate surface area is 196 Å². The molecule has 4 aromatic carbocycles. The Morgan fingerprint density at radius 3 is 2.32 bits per heavy atom. The number of aromatic nitrogens is 2. The van der Waals surface area contributed by atoms with E-state index in [2.05, 4.69) is 14.7 Å². The van der Waals surface area contributed by atoms with Gasteiger partial charge in [-0.3, -0.25) is 4.72 Å². The number of benzene rings is 4. The lowest BCUT2D eigenvalue weighted by molar-refractivity contribution is 0.482. The molecule has 0 bridgehead atoms. The minimum Gasteiger partial charge on any atom is -0.457 e. The van der Waals surface area contributed by atoms with Gasteiger partial charge in [-0.1, -0.05) is 42.5 Å². The molecule has 0 radical (unpaired) electrons. The van der Waals surface area contributed by atoms with Crippen molar-refractivity contribution in [2.75, 3.05) is 4.72 Å². The smallest absolute Gasteiger partial charge is 0.264 e. The van der Waals surface area contributed by atoms with Gasteiger partial charge in [0.15, 0.2) is 0 Å². The quantitative estimate of drug-likeness (QED) is 0.309. The van der Waals surface area contributed by atoms with Gasteiger partial charge in [0.25, 0.3) is 10.0 Å². The maximum absolute atomic E-state index is 13.9. The first-order valence-corrected chi connectivity index (χ1v) is 12.0.